The zero-order chi connectivity index (χ0) is 11.4. The fraction of sp³-hybridized carbons (Fsp3) is 0.333. The van der Waals surface area contributed by atoms with Crippen LogP contribution < -0.4 is 5.32 Å². The van der Waals surface area contributed by atoms with Crippen molar-refractivity contribution in [3.05, 3.63) is 45.5 Å². The SMILES string of the molecule is CC(NCCc1ccco1)c1ccc(Cl)s1. The molecule has 2 rings (SSSR count). The maximum atomic E-state index is 5.90. The second-order valence-corrected chi connectivity index (χ2v) is 5.39. The van der Waals surface area contributed by atoms with Gasteiger partial charge in [-0.15, -0.1) is 11.3 Å². The van der Waals surface area contributed by atoms with Gasteiger partial charge >= 0.3 is 0 Å². The van der Waals surface area contributed by atoms with E-state index >= 15 is 0 Å². The summed E-state index contributed by atoms with van der Waals surface area (Å²) in [5.74, 6) is 1.02. The predicted molar refractivity (Wildman–Crippen MR) is 68.2 cm³/mol. The predicted octanol–water partition coefficient (Wildman–Crippen LogP) is 3.89. The van der Waals surface area contributed by atoms with E-state index in [0.717, 1.165) is 23.1 Å². The van der Waals surface area contributed by atoms with Gasteiger partial charge in [0.05, 0.1) is 10.6 Å². The van der Waals surface area contributed by atoms with Crippen molar-refractivity contribution in [2.45, 2.75) is 19.4 Å². The van der Waals surface area contributed by atoms with Crippen molar-refractivity contribution in [3.8, 4) is 0 Å². The van der Waals surface area contributed by atoms with Crippen LogP contribution in [0.1, 0.15) is 23.6 Å². The highest BCUT2D eigenvalue weighted by atomic mass is 35.5. The van der Waals surface area contributed by atoms with Gasteiger partial charge in [-0.05, 0) is 31.2 Å². The summed E-state index contributed by atoms with van der Waals surface area (Å²) in [5, 5.41) is 3.44. The van der Waals surface area contributed by atoms with Crippen LogP contribution in [0.15, 0.2) is 34.9 Å². The molecule has 2 aromatic rings. The van der Waals surface area contributed by atoms with E-state index in [4.69, 9.17) is 16.0 Å². The molecule has 2 heterocycles. The van der Waals surface area contributed by atoms with Gasteiger partial charge in [-0.2, -0.15) is 0 Å². The maximum Gasteiger partial charge on any atom is 0.105 e. The molecule has 0 saturated carbocycles. The molecule has 1 N–H and O–H groups in total. The molecule has 86 valence electrons. The average Bonchev–Trinajstić information content (AvgIpc) is 2.89. The van der Waals surface area contributed by atoms with E-state index in [1.54, 1.807) is 17.6 Å². The molecular formula is C12H14ClNOS. The maximum absolute atomic E-state index is 5.90. The molecule has 0 aliphatic rings. The van der Waals surface area contributed by atoms with Gasteiger partial charge in [-0.1, -0.05) is 11.6 Å². The van der Waals surface area contributed by atoms with Crippen molar-refractivity contribution >= 4 is 22.9 Å². The third-order valence-corrected chi connectivity index (χ3v) is 3.84. The highest BCUT2D eigenvalue weighted by Crippen LogP contribution is 2.26. The number of thiophene rings is 1. The van der Waals surface area contributed by atoms with E-state index in [-0.39, 0.29) is 0 Å². The Kier molecular flexibility index (Phi) is 4.04. The molecule has 1 atom stereocenters. The minimum Gasteiger partial charge on any atom is -0.469 e. The van der Waals surface area contributed by atoms with Crippen LogP contribution in [0, 0.1) is 0 Å². The first-order valence-corrected chi connectivity index (χ1v) is 6.46. The Morgan fingerprint density at radius 2 is 2.31 bits per heavy atom. The first-order chi connectivity index (χ1) is 7.75. The highest BCUT2D eigenvalue weighted by molar-refractivity contribution is 7.16. The second kappa shape index (κ2) is 5.53. The zero-order valence-corrected chi connectivity index (χ0v) is 10.6. The van der Waals surface area contributed by atoms with E-state index in [0.29, 0.717) is 6.04 Å². The van der Waals surface area contributed by atoms with Crippen molar-refractivity contribution < 1.29 is 4.42 Å². The molecule has 4 heteroatoms. The smallest absolute Gasteiger partial charge is 0.105 e. The Labute approximate surface area is 104 Å². The van der Waals surface area contributed by atoms with Crippen LogP contribution in [0.5, 0.6) is 0 Å². The van der Waals surface area contributed by atoms with Crippen molar-refractivity contribution in [3.63, 3.8) is 0 Å². The van der Waals surface area contributed by atoms with E-state index in [2.05, 4.69) is 18.3 Å². The van der Waals surface area contributed by atoms with Crippen molar-refractivity contribution in [1.82, 2.24) is 5.32 Å². The summed E-state index contributed by atoms with van der Waals surface area (Å²) >= 11 is 7.52. The lowest BCUT2D eigenvalue weighted by atomic mass is 10.2. The molecular weight excluding hydrogens is 242 g/mol. The van der Waals surface area contributed by atoms with Crippen molar-refractivity contribution in [1.29, 1.82) is 0 Å². The summed E-state index contributed by atoms with van der Waals surface area (Å²) in [5.41, 5.74) is 0. The number of hydrogen-bond acceptors (Lipinski definition) is 3. The molecule has 0 saturated heterocycles. The fourth-order valence-corrected chi connectivity index (χ4v) is 2.62. The van der Waals surface area contributed by atoms with Crippen LogP contribution in [-0.4, -0.2) is 6.54 Å². The van der Waals surface area contributed by atoms with E-state index in [1.165, 1.54) is 4.88 Å². The summed E-state index contributed by atoms with van der Waals surface area (Å²) in [6.07, 6.45) is 2.62. The summed E-state index contributed by atoms with van der Waals surface area (Å²) in [6, 6.07) is 8.25. The number of halogens is 1. The van der Waals surface area contributed by atoms with E-state index in [9.17, 15) is 0 Å². The molecule has 2 aromatic heterocycles. The van der Waals surface area contributed by atoms with Crippen LogP contribution in [0.25, 0.3) is 0 Å². The van der Waals surface area contributed by atoms with E-state index in [1.807, 2.05) is 18.2 Å². The van der Waals surface area contributed by atoms with Gasteiger partial charge in [0, 0.05) is 23.9 Å². The normalized spacial score (nSPS) is 12.9. The summed E-state index contributed by atoms with van der Waals surface area (Å²) < 4.78 is 6.11. The van der Waals surface area contributed by atoms with Crippen molar-refractivity contribution in [2.24, 2.45) is 0 Å². The second-order valence-electron chi connectivity index (χ2n) is 3.65. The van der Waals surface area contributed by atoms with Crippen molar-refractivity contribution in [2.75, 3.05) is 6.54 Å². The van der Waals surface area contributed by atoms with Gasteiger partial charge in [0.25, 0.3) is 0 Å². The summed E-state index contributed by atoms with van der Waals surface area (Å²) in [6.45, 7) is 3.05. The molecule has 0 aromatic carbocycles. The topological polar surface area (TPSA) is 25.2 Å². The quantitative estimate of drug-likeness (QED) is 0.877. The Bertz CT molecular complexity index is 424. The molecule has 0 bridgehead atoms. The molecule has 0 aliphatic carbocycles. The van der Waals surface area contributed by atoms with Gasteiger partial charge in [0.2, 0.25) is 0 Å². The standard InChI is InChI=1S/C12H14ClNOS/c1-9(11-4-5-12(13)16-11)14-7-6-10-3-2-8-15-10/h2-5,8-9,14H,6-7H2,1H3. The Morgan fingerprint density at radius 3 is 2.94 bits per heavy atom. The lowest BCUT2D eigenvalue weighted by molar-refractivity contribution is 0.487. The summed E-state index contributed by atoms with van der Waals surface area (Å²) in [4.78, 5) is 1.27. The van der Waals surface area contributed by atoms with Gasteiger partial charge in [0.1, 0.15) is 5.76 Å². The lowest BCUT2D eigenvalue weighted by Gasteiger charge is -2.10. The third-order valence-electron chi connectivity index (χ3n) is 2.42. The van der Waals surface area contributed by atoms with Crippen LogP contribution >= 0.6 is 22.9 Å². The monoisotopic (exact) mass is 255 g/mol. The number of rotatable bonds is 5. The van der Waals surface area contributed by atoms with Crippen LogP contribution in [0.2, 0.25) is 4.34 Å². The fourth-order valence-electron chi connectivity index (χ4n) is 1.53. The first-order valence-electron chi connectivity index (χ1n) is 5.26. The highest BCUT2D eigenvalue weighted by Gasteiger charge is 2.07. The van der Waals surface area contributed by atoms with E-state index < -0.39 is 0 Å². The number of furan rings is 1. The Balaban J connectivity index is 1.78. The minimum atomic E-state index is 0.340. The van der Waals surface area contributed by atoms with Crippen LogP contribution in [0.4, 0.5) is 0 Å². The molecule has 0 spiro atoms. The molecule has 0 fully saturated rings. The summed E-state index contributed by atoms with van der Waals surface area (Å²) in [7, 11) is 0. The molecule has 16 heavy (non-hydrogen) atoms. The Morgan fingerprint density at radius 1 is 1.44 bits per heavy atom. The van der Waals surface area contributed by atoms with Crippen LogP contribution in [0.3, 0.4) is 0 Å². The van der Waals surface area contributed by atoms with Gasteiger partial charge in [-0.25, -0.2) is 0 Å². The lowest BCUT2D eigenvalue weighted by Crippen LogP contribution is -2.20. The molecule has 1 unspecified atom stereocenters. The van der Waals surface area contributed by atoms with Gasteiger partial charge in [-0.3, -0.25) is 0 Å². The third kappa shape index (κ3) is 3.11. The number of hydrogen-bond donors (Lipinski definition) is 1. The molecule has 0 amide bonds. The molecule has 0 radical (unpaired) electrons. The zero-order valence-electron chi connectivity index (χ0n) is 9.07. The number of nitrogens with one attached hydrogen (secondary N) is 1. The van der Waals surface area contributed by atoms with Gasteiger partial charge < -0.3 is 9.73 Å². The van der Waals surface area contributed by atoms with Gasteiger partial charge in [0.15, 0.2) is 0 Å². The Hall–Kier alpha value is -0.770. The largest absolute Gasteiger partial charge is 0.469 e. The minimum absolute atomic E-state index is 0.340. The first kappa shape index (κ1) is 11.7. The molecule has 2 nitrogen and oxygen atoms in total. The molecule has 0 aliphatic heterocycles. The average molecular weight is 256 g/mol. The van der Waals surface area contributed by atoms with Crippen LogP contribution in [-0.2, 0) is 6.42 Å².